The highest BCUT2D eigenvalue weighted by Crippen LogP contribution is 2.01. The van der Waals surface area contributed by atoms with E-state index in [-0.39, 0.29) is 5.91 Å². The minimum atomic E-state index is -0.122. The Morgan fingerprint density at radius 3 is 2.60 bits per heavy atom. The molecule has 3 N–H and O–H groups in total. The van der Waals surface area contributed by atoms with Crippen molar-refractivity contribution in [3.63, 3.8) is 0 Å². The normalized spacial score (nSPS) is 9.40. The molecule has 0 heterocycles. The maximum atomic E-state index is 10.7. The number of hydrogen-bond donors (Lipinski definition) is 1. The molecule has 0 atom stereocenters. The summed E-state index contributed by atoms with van der Waals surface area (Å²) in [6, 6.07) is 7.40. The molecule has 0 aliphatic rings. The molecule has 0 radical (unpaired) electrons. The Morgan fingerprint density at radius 2 is 2.20 bits per heavy atom. The standard InChI is InChI=1S/C8H9NO/c1-6-3-2-4-7(5-6)8(9)10/h2-5H,1H3,(H2,9,10)/p+1. The van der Waals surface area contributed by atoms with Gasteiger partial charge in [-0.25, -0.2) is 4.79 Å². The highest BCUT2D eigenvalue weighted by atomic mass is 16.1. The van der Waals surface area contributed by atoms with Crippen molar-refractivity contribution in [2.45, 2.75) is 6.92 Å². The van der Waals surface area contributed by atoms with E-state index in [0.29, 0.717) is 5.56 Å². The van der Waals surface area contributed by atoms with E-state index in [1.165, 1.54) is 0 Å². The Bertz CT molecular complexity index is 255. The number of hydrogen-bond acceptors (Lipinski definition) is 1. The zero-order valence-corrected chi connectivity index (χ0v) is 5.92. The van der Waals surface area contributed by atoms with Crippen LogP contribution in [0.15, 0.2) is 24.3 Å². The Kier molecular flexibility index (Phi) is 1.83. The first kappa shape index (κ1) is 6.96. The first-order chi connectivity index (χ1) is 4.70. The van der Waals surface area contributed by atoms with Crippen molar-refractivity contribution in [3.8, 4) is 0 Å². The van der Waals surface area contributed by atoms with Crippen LogP contribution in [0.5, 0.6) is 0 Å². The molecule has 10 heavy (non-hydrogen) atoms. The second kappa shape index (κ2) is 2.62. The Morgan fingerprint density at radius 1 is 1.50 bits per heavy atom. The molecule has 0 aromatic heterocycles. The van der Waals surface area contributed by atoms with Crippen molar-refractivity contribution < 1.29 is 10.5 Å². The van der Waals surface area contributed by atoms with Crippen LogP contribution < -0.4 is 5.73 Å². The molecule has 52 valence electrons. The summed E-state index contributed by atoms with van der Waals surface area (Å²) < 4.78 is 0. The summed E-state index contributed by atoms with van der Waals surface area (Å²) in [6.07, 6.45) is 0. The van der Waals surface area contributed by atoms with E-state index in [4.69, 9.17) is 0 Å². The van der Waals surface area contributed by atoms with Gasteiger partial charge in [0.25, 0.3) is 0 Å². The summed E-state index contributed by atoms with van der Waals surface area (Å²) >= 11 is 0. The van der Waals surface area contributed by atoms with Crippen LogP contribution in [0.3, 0.4) is 0 Å². The van der Waals surface area contributed by atoms with Crippen LogP contribution >= 0.6 is 0 Å². The molecule has 2 nitrogen and oxygen atoms in total. The van der Waals surface area contributed by atoms with Gasteiger partial charge in [-0.3, -0.25) is 5.73 Å². The zero-order valence-electron chi connectivity index (χ0n) is 5.92. The SMILES string of the molecule is Cc1cccc(C([NH3+])=O)c1. The summed E-state index contributed by atoms with van der Waals surface area (Å²) in [7, 11) is 0. The van der Waals surface area contributed by atoms with Crippen LogP contribution in [0.2, 0.25) is 0 Å². The average molecular weight is 136 g/mol. The van der Waals surface area contributed by atoms with Gasteiger partial charge in [-0.15, -0.1) is 0 Å². The van der Waals surface area contributed by atoms with Crippen LogP contribution in [0.1, 0.15) is 15.9 Å². The Labute approximate surface area is 59.7 Å². The molecular weight excluding hydrogens is 126 g/mol. The quantitative estimate of drug-likeness (QED) is 0.596. The maximum absolute atomic E-state index is 10.7. The largest absolute Gasteiger partial charge is 0.340 e. The van der Waals surface area contributed by atoms with Gasteiger partial charge in [-0.2, -0.15) is 0 Å². The predicted molar refractivity (Wildman–Crippen MR) is 38.4 cm³/mol. The second-order valence-corrected chi connectivity index (χ2v) is 2.29. The topological polar surface area (TPSA) is 44.7 Å². The first-order valence-electron chi connectivity index (χ1n) is 3.13. The lowest BCUT2D eigenvalue weighted by molar-refractivity contribution is -0.255. The van der Waals surface area contributed by atoms with Gasteiger partial charge in [0.15, 0.2) is 0 Å². The molecule has 0 bridgehead atoms. The minimum Gasteiger partial charge on any atom is -0.290 e. The lowest BCUT2D eigenvalue weighted by atomic mass is 10.1. The van der Waals surface area contributed by atoms with E-state index < -0.39 is 0 Å². The molecule has 0 spiro atoms. The molecule has 0 aliphatic carbocycles. The summed E-state index contributed by atoms with van der Waals surface area (Å²) in [5, 5.41) is 0. The van der Waals surface area contributed by atoms with Crippen LogP contribution in [-0.4, -0.2) is 5.91 Å². The molecule has 1 aromatic carbocycles. The van der Waals surface area contributed by atoms with Gasteiger partial charge in [0.05, 0.1) is 5.56 Å². The highest BCUT2D eigenvalue weighted by Gasteiger charge is 2.01. The summed E-state index contributed by atoms with van der Waals surface area (Å²) in [6.45, 7) is 1.95. The van der Waals surface area contributed by atoms with E-state index in [9.17, 15) is 4.79 Å². The van der Waals surface area contributed by atoms with Gasteiger partial charge in [-0.05, 0) is 19.1 Å². The lowest BCUT2D eigenvalue weighted by Crippen LogP contribution is -2.56. The summed E-state index contributed by atoms with van der Waals surface area (Å²) in [4.78, 5) is 10.7. The molecule has 0 unspecified atom stereocenters. The third kappa shape index (κ3) is 1.42. The molecule has 2 heteroatoms. The Hall–Kier alpha value is -1.15. The van der Waals surface area contributed by atoms with Gasteiger partial charge in [0.2, 0.25) is 0 Å². The molecular formula is C8H10NO+. The van der Waals surface area contributed by atoms with E-state index >= 15 is 0 Å². The average Bonchev–Trinajstić information content (AvgIpc) is 1.88. The number of benzene rings is 1. The molecule has 0 saturated carbocycles. The van der Waals surface area contributed by atoms with Crippen molar-refractivity contribution in [2.24, 2.45) is 0 Å². The number of amides is 1. The van der Waals surface area contributed by atoms with Crippen molar-refractivity contribution in [1.29, 1.82) is 0 Å². The third-order valence-corrected chi connectivity index (χ3v) is 1.34. The number of quaternary nitrogens is 1. The predicted octanol–water partition coefficient (Wildman–Crippen LogP) is 0.377. The van der Waals surface area contributed by atoms with Crippen molar-refractivity contribution in [2.75, 3.05) is 0 Å². The van der Waals surface area contributed by atoms with Gasteiger partial charge in [-0.1, -0.05) is 17.7 Å². The van der Waals surface area contributed by atoms with Gasteiger partial charge < -0.3 is 0 Å². The number of carbonyl (C=O) groups excluding carboxylic acids is 1. The fourth-order valence-corrected chi connectivity index (χ4v) is 0.819. The highest BCUT2D eigenvalue weighted by molar-refractivity contribution is 5.85. The molecule has 0 aliphatic heterocycles. The maximum Gasteiger partial charge on any atom is 0.340 e. The van der Waals surface area contributed by atoms with Crippen LogP contribution in [-0.2, 0) is 0 Å². The monoisotopic (exact) mass is 136 g/mol. The summed E-state index contributed by atoms with van der Waals surface area (Å²) in [5.74, 6) is -0.122. The van der Waals surface area contributed by atoms with E-state index in [0.717, 1.165) is 5.56 Å². The molecule has 1 amide bonds. The molecule has 0 fully saturated rings. The number of aryl methyl sites for hydroxylation is 1. The lowest BCUT2D eigenvalue weighted by Gasteiger charge is -1.92. The van der Waals surface area contributed by atoms with Crippen molar-refractivity contribution >= 4 is 5.91 Å². The first-order valence-corrected chi connectivity index (χ1v) is 3.13. The van der Waals surface area contributed by atoms with Crippen molar-refractivity contribution in [3.05, 3.63) is 35.4 Å². The third-order valence-electron chi connectivity index (χ3n) is 1.34. The fourth-order valence-electron chi connectivity index (χ4n) is 0.819. The van der Waals surface area contributed by atoms with Crippen LogP contribution in [0.25, 0.3) is 0 Å². The molecule has 1 rings (SSSR count). The van der Waals surface area contributed by atoms with Gasteiger partial charge >= 0.3 is 5.91 Å². The fraction of sp³-hybridized carbons (Fsp3) is 0.125. The second-order valence-electron chi connectivity index (χ2n) is 2.29. The zero-order chi connectivity index (χ0) is 7.56. The summed E-state index contributed by atoms with van der Waals surface area (Å²) in [5.41, 5.74) is 5.08. The Balaban J connectivity index is 3.07. The van der Waals surface area contributed by atoms with E-state index in [2.05, 4.69) is 5.73 Å². The minimum absolute atomic E-state index is 0.122. The van der Waals surface area contributed by atoms with Crippen LogP contribution in [0, 0.1) is 6.92 Å². The number of carbonyl (C=O) groups is 1. The molecule has 0 saturated heterocycles. The van der Waals surface area contributed by atoms with Gasteiger partial charge in [0.1, 0.15) is 0 Å². The van der Waals surface area contributed by atoms with E-state index in [1.54, 1.807) is 6.07 Å². The smallest absolute Gasteiger partial charge is 0.290 e. The number of rotatable bonds is 1. The van der Waals surface area contributed by atoms with Gasteiger partial charge in [0, 0.05) is 0 Å². The van der Waals surface area contributed by atoms with Crippen molar-refractivity contribution in [1.82, 2.24) is 0 Å². The van der Waals surface area contributed by atoms with Crippen LogP contribution in [0.4, 0.5) is 0 Å². The molecule has 1 aromatic rings. The van der Waals surface area contributed by atoms with E-state index in [1.807, 2.05) is 25.1 Å².